The first-order valence-electron chi connectivity index (χ1n) is 5.49. The summed E-state index contributed by atoms with van der Waals surface area (Å²) in [6.45, 7) is 12.2. The van der Waals surface area contributed by atoms with E-state index >= 15 is 0 Å². The van der Waals surface area contributed by atoms with Crippen LogP contribution in [0.25, 0.3) is 0 Å². The molecule has 0 radical (unpaired) electrons. The quantitative estimate of drug-likeness (QED) is 0.612. The summed E-state index contributed by atoms with van der Waals surface area (Å²) < 4.78 is 13.0. The van der Waals surface area contributed by atoms with Crippen molar-refractivity contribution in [2.45, 2.75) is 53.3 Å². The molecule has 2 atom stereocenters. The van der Waals surface area contributed by atoms with Gasteiger partial charge in [-0.1, -0.05) is 20.8 Å². The van der Waals surface area contributed by atoms with Gasteiger partial charge in [-0.2, -0.15) is 0 Å². The SMILES string of the molecule is CC.CC1CN(C(C)C)CCC1F. The van der Waals surface area contributed by atoms with Crippen LogP contribution in [0.1, 0.15) is 41.0 Å². The second kappa shape index (κ2) is 6.36. The number of hydrogen-bond acceptors (Lipinski definition) is 1. The standard InChI is InChI=1S/C9H18FN.C2H6/c1-7(2)11-5-4-9(10)8(3)6-11;1-2/h7-9H,4-6H2,1-3H3;1-2H3. The van der Waals surface area contributed by atoms with Crippen LogP contribution in [0.3, 0.4) is 0 Å². The van der Waals surface area contributed by atoms with Gasteiger partial charge in [0.2, 0.25) is 0 Å². The van der Waals surface area contributed by atoms with Gasteiger partial charge in [0, 0.05) is 25.0 Å². The third kappa shape index (κ3) is 4.08. The minimum Gasteiger partial charge on any atom is -0.300 e. The van der Waals surface area contributed by atoms with E-state index in [4.69, 9.17) is 0 Å². The zero-order valence-corrected chi connectivity index (χ0v) is 9.68. The number of piperidine rings is 1. The molecule has 1 heterocycles. The molecule has 2 heteroatoms. The van der Waals surface area contributed by atoms with E-state index in [0.29, 0.717) is 6.04 Å². The first kappa shape index (κ1) is 12.9. The lowest BCUT2D eigenvalue weighted by molar-refractivity contribution is 0.0773. The summed E-state index contributed by atoms with van der Waals surface area (Å²) >= 11 is 0. The van der Waals surface area contributed by atoms with Gasteiger partial charge in [-0.05, 0) is 20.3 Å². The number of hydrogen-bond donors (Lipinski definition) is 0. The molecule has 13 heavy (non-hydrogen) atoms. The van der Waals surface area contributed by atoms with Crippen LogP contribution in [0.15, 0.2) is 0 Å². The van der Waals surface area contributed by atoms with E-state index in [0.717, 1.165) is 19.5 Å². The molecule has 0 aliphatic carbocycles. The Bertz CT molecular complexity index is 125. The fourth-order valence-electron chi connectivity index (χ4n) is 1.62. The van der Waals surface area contributed by atoms with Crippen LogP contribution < -0.4 is 0 Å². The highest BCUT2D eigenvalue weighted by atomic mass is 19.1. The summed E-state index contributed by atoms with van der Waals surface area (Å²) in [5.41, 5.74) is 0. The molecule has 1 fully saturated rings. The van der Waals surface area contributed by atoms with E-state index in [-0.39, 0.29) is 5.92 Å². The van der Waals surface area contributed by atoms with Gasteiger partial charge in [-0.15, -0.1) is 0 Å². The Balaban J connectivity index is 0.000000671. The maximum atomic E-state index is 13.0. The van der Waals surface area contributed by atoms with Gasteiger partial charge in [0.25, 0.3) is 0 Å². The van der Waals surface area contributed by atoms with Crippen molar-refractivity contribution in [3.8, 4) is 0 Å². The summed E-state index contributed by atoms with van der Waals surface area (Å²) in [5, 5.41) is 0. The molecular weight excluding hydrogens is 165 g/mol. The summed E-state index contributed by atoms with van der Waals surface area (Å²) in [4.78, 5) is 2.35. The summed E-state index contributed by atoms with van der Waals surface area (Å²) in [7, 11) is 0. The van der Waals surface area contributed by atoms with Gasteiger partial charge < -0.3 is 4.90 Å². The highest BCUT2D eigenvalue weighted by Crippen LogP contribution is 2.20. The molecule has 0 aromatic carbocycles. The molecule has 0 amide bonds. The smallest absolute Gasteiger partial charge is 0.105 e. The molecule has 0 saturated carbocycles. The molecule has 0 bridgehead atoms. The Hall–Kier alpha value is -0.110. The number of rotatable bonds is 1. The largest absolute Gasteiger partial charge is 0.300 e. The Morgan fingerprint density at radius 1 is 1.31 bits per heavy atom. The third-order valence-electron chi connectivity index (χ3n) is 2.56. The molecule has 0 aromatic heterocycles. The molecule has 1 aliphatic heterocycles. The predicted molar refractivity (Wildman–Crippen MR) is 56.7 cm³/mol. The number of likely N-dealkylation sites (tertiary alicyclic amines) is 1. The van der Waals surface area contributed by atoms with Crippen molar-refractivity contribution in [1.82, 2.24) is 4.90 Å². The normalized spacial score (nSPS) is 29.8. The van der Waals surface area contributed by atoms with Crippen LogP contribution in [-0.2, 0) is 0 Å². The Labute approximate surface area is 82.3 Å². The first-order chi connectivity index (χ1) is 6.11. The van der Waals surface area contributed by atoms with Crippen molar-refractivity contribution >= 4 is 0 Å². The van der Waals surface area contributed by atoms with Crippen LogP contribution >= 0.6 is 0 Å². The minimum atomic E-state index is -0.565. The molecule has 1 saturated heterocycles. The van der Waals surface area contributed by atoms with Gasteiger partial charge >= 0.3 is 0 Å². The Morgan fingerprint density at radius 3 is 2.23 bits per heavy atom. The zero-order valence-electron chi connectivity index (χ0n) is 9.68. The maximum absolute atomic E-state index is 13.0. The van der Waals surface area contributed by atoms with Gasteiger partial charge in [-0.25, -0.2) is 4.39 Å². The predicted octanol–water partition coefficient (Wildman–Crippen LogP) is 3.10. The highest BCUT2D eigenvalue weighted by molar-refractivity contribution is 4.78. The van der Waals surface area contributed by atoms with E-state index < -0.39 is 6.17 Å². The molecule has 80 valence electrons. The van der Waals surface area contributed by atoms with Crippen LogP contribution in [0.2, 0.25) is 0 Å². The lowest BCUT2D eigenvalue weighted by atomic mass is 9.97. The van der Waals surface area contributed by atoms with E-state index in [9.17, 15) is 4.39 Å². The lowest BCUT2D eigenvalue weighted by Crippen LogP contribution is -2.43. The van der Waals surface area contributed by atoms with Crippen molar-refractivity contribution in [3.63, 3.8) is 0 Å². The minimum absolute atomic E-state index is 0.228. The molecule has 0 N–H and O–H groups in total. The van der Waals surface area contributed by atoms with Crippen molar-refractivity contribution in [3.05, 3.63) is 0 Å². The van der Waals surface area contributed by atoms with Gasteiger partial charge in [0.1, 0.15) is 6.17 Å². The van der Waals surface area contributed by atoms with Gasteiger partial charge in [-0.3, -0.25) is 0 Å². The Kier molecular flexibility index (Phi) is 6.31. The molecule has 2 unspecified atom stereocenters. The number of halogens is 1. The topological polar surface area (TPSA) is 3.24 Å². The van der Waals surface area contributed by atoms with E-state index in [1.54, 1.807) is 0 Å². The lowest BCUT2D eigenvalue weighted by Gasteiger charge is -2.35. The van der Waals surface area contributed by atoms with Crippen LogP contribution in [-0.4, -0.2) is 30.2 Å². The summed E-state index contributed by atoms with van der Waals surface area (Å²) in [6, 6.07) is 0.574. The first-order valence-corrected chi connectivity index (χ1v) is 5.49. The maximum Gasteiger partial charge on any atom is 0.105 e. The van der Waals surface area contributed by atoms with Gasteiger partial charge in [0.05, 0.1) is 0 Å². The molecular formula is C11H24FN. The van der Waals surface area contributed by atoms with Crippen molar-refractivity contribution in [1.29, 1.82) is 0 Å². The molecule has 0 aromatic rings. The van der Waals surface area contributed by atoms with Crippen molar-refractivity contribution < 1.29 is 4.39 Å². The second-order valence-electron chi connectivity index (χ2n) is 3.87. The highest BCUT2D eigenvalue weighted by Gasteiger charge is 2.26. The summed E-state index contributed by atoms with van der Waals surface area (Å²) in [6.07, 6.45) is 0.157. The zero-order chi connectivity index (χ0) is 10.4. The monoisotopic (exact) mass is 189 g/mol. The molecule has 1 nitrogen and oxygen atoms in total. The van der Waals surface area contributed by atoms with E-state index in [1.165, 1.54) is 0 Å². The number of nitrogens with zero attached hydrogens (tertiary/aromatic N) is 1. The number of alkyl halides is 1. The third-order valence-corrected chi connectivity index (χ3v) is 2.56. The van der Waals surface area contributed by atoms with Crippen molar-refractivity contribution in [2.75, 3.05) is 13.1 Å². The van der Waals surface area contributed by atoms with Gasteiger partial charge in [0.15, 0.2) is 0 Å². The Morgan fingerprint density at radius 2 is 1.85 bits per heavy atom. The van der Waals surface area contributed by atoms with E-state index in [2.05, 4.69) is 18.7 Å². The average Bonchev–Trinajstić information content (AvgIpc) is 2.13. The van der Waals surface area contributed by atoms with Crippen LogP contribution in [0.5, 0.6) is 0 Å². The van der Waals surface area contributed by atoms with Crippen LogP contribution in [0, 0.1) is 5.92 Å². The second-order valence-corrected chi connectivity index (χ2v) is 3.87. The fraction of sp³-hybridized carbons (Fsp3) is 1.00. The molecule has 1 aliphatic rings. The van der Waals surface area contributed by atoms with Crippen LogP contribution in [0.4, 0.5) is 4.39 Å². The van der Waals surface area contributed by atoms with Crippen molar-refractivity contribution in [2.24, 2.45) is 5.92 Å². The molecule has 1 rings (SSSR count). The summed E-state index contributed by atoms with van der Waals surface area (Å²) in [5.74, 6) is 0.228. The molecule has 0 spiro atoms. The average molecular weight is 189 g/mol. The fourth-order valence-corrected chi connectivity index (χ4v) is 1.62. The van der Waals surface area contributed by atoms with E-state index in [1.807, 2.05) is 20.8 Å².